The second kappa shape index (κ2) is 3.42. The summed E-state index contributed by atoms with van der Waals surface area (Å²) in [6.45, 7) is 0. The summed E-state index contributed by atoms with van der Waals surface area (Å²) in [5, 5.41) is 5.44. The van der Waals surface area contributed by atoms with Crippen LogP contribution in [-0.2, 0) is 12.8 Å². The first-order valence-corrected chi connectivity index (χ1v) is 5.60. The van der Waals surface area contributed by atoms with Crippen molar-refractivity contribution in [3.8, 4) is 0 Å². The molecule has 0 spiro atoms. The zero-order chi connectivity index (χ0) is 9.26. The van der Waals surface area contributed by atoms with Gasteiger partial charge >= 0.3 is 0 Å². The van der Waals surface area contributed by atoms with Crippen molar-refractivity contribution < 1.29 is 0 Å². The van der Waals surface area contributed by atoms with Crippen LogP contribution in [0.25, 0.3) is 10.9 Å². The molecule has 1 aromatic heterocycles. The predicted octanol–water partition coefficient (Wildman–Crippen LogP) is 2.44. The Labute approximate surface area is 81.9 Å². The minimum atomic E-state index is 1.07. The third-order valence-electron chi connectivity index (χ3n) is 2.12. The van der Waals surface area contributed by atoms with Crippen LogP contribution in [0.1, 0.15) is 5.56 Å². The summed E-state index contributed by atoms with van der Waals surface area (Å²) in [7, 11) is 1.97. The van der Waals surface area contributed by atoms with Crippen molar-refractivity contribution >= 4 is 22.7 Å². The number of hydrogen-bond donors (Lipinski definition) is 0. The molecule has 0 atom stereocenters. The minimum absolute atomic E-state index is 1.07. The van der Waals surface area contributed by atoms with Crippen LogP contribution in [0, 0.1) is 0 Å². The summed E-state index contributed by atoms with van der Waals surface area (Å²) in [6.07, 6.45) is 4.03. The molecule has 0 N–H and O–H groups in total. The molecule has 0 radical (unpaired) electrons. The Morgan fingerprint density at radius 3 is 3.08 bits per heavy atom. The molecule has 3 heteroatoms. The minimum Gasteiger partial charge on any atom is -0.268 e. The van der Waals surface area contributed by atoms with Gasteiger partial charge in [0.05, 0.1) is 11.7 Å². The van der Waals surface area contributed by atoms with Gasteiger partial charge in [-0.15, -0.1) is 0 Å². The van der Waals surface area contributed by atoms with Crippen LogP contribution in [0.4, 0.5) is 0 Å². The van der Waals surface area contributed by atoms with E-state index in [1.165, 1.54) is 16.5 Å². The fourth-order valence-corrected chi connectivity index (χ4v) is 1.98. The van der Waals surface area contributed by atoms with Crippen molar-refractivity contribution in [2.75, 3.05) is 6.26 Å². The molecule has 2 aromatic rings. The van der Waals surface area contributed by atoms with Gasteiger partial charge in [0.15, 0.2) is 0 Å². The second-order valence-electron chi connectivity index (χ2n) is 3.09. The Morgan fingerprint density at radius 2 is 2.31 bits per heavy atom. The van der Waals surface area contributed by atoms with E-state index in [1.807, 2.05) is 29.7 Å². The van der Waals surface area contributed by atoms with E-state index in [-0.39, 0.29) is 0 Å². The molecule has 68 valence electrons. The smallest absolute Gasteiger partial charge is 0.0679 e. The molecule has 13 heavy (non-hydrogen) atoms. The largest absolute Gasteiger partial charge is 0.268 e. The van der Waals surface area contributed by atoms with E-state index in [9.17, 15) is 0 Å². The van der Waals surface area contributed by atoms with Gasteiger partial charge in [-0.05, 0) is 24.0 Å². The van der Waals surface area contributed by atoms with E-state index < -0.39 is 0 Å². The first kappa shape index (κ1) is 8.63. The molecule has 0 fully saturated rings. The number of fused-ring (bicyclic) bond motifs is 1. The van der Waals surface area contributed by atoms with Crippen LogP contribution in [-0.4, -0.2) is 16.0 Å². The highest BCUT2D eigenvalue weighted by molar-refractivity contribution is 7.97. The van der Waals surface area contributed by atoms with E-state index in [2.05, 4.69) is 29.6 Å². The average Bonchev–Trinajstić information content (AvgIpc) is 2.48. The molecule has 0 aliphatic rings. The zero-order valence-corrected chi connectivity index (χ0v) is 8.64. The Balaban J connectivity index is 2.50. The molecule has 1 heterocycles. The lowest BCUT2D eigenvalue weighted by Crippen LogP contribution is -1.88. The molecule has 0 aliphatic carbocycles. The van der Waals surface area contributed by atoms with E-state index in [0.717, 1.165) is 5.75 Å². The van der Waals surface area contributed by atoms with Gasteiger partial charge in [0.1, 0.15) is 0 Å². The number of benzene rings is 1. The Kier molecular flexibility index (Phi) is 2.27. The van der Waals surface area contributed by atoms with Gasteiger partial charge in [0, 0.05) is 18.2 Å². The van der Waals surface area contributed by atoms with Crippen molar-refractivity contribution in [2.24, 2.45) is 7.05 Å². The van der Waals surface area contributed by atoms with Gasteiger partial charge in [0.25, 0.3) is 0 Å². The summed E-state index contributed by atoms with van der Waals surface area (Å²) < 4.78 is 1.90. The Morgan fingerprint density at radius 1 is 1.46 bits per heavy atom. The van der Waals surface area contributed by atoms with Crippen molar-refractivity contribution in [3.63, 3.8) is 0 Å². The van der Waals surface area contributed by atoms with Crippen LogP contribution >= 0.6 is 11.8 Å². The molecule has 1 aromatic carbocycles. The molecule has 2 rings (SSSR count). The molecule has 0 amide bonds. The molecule has 0 bridgehead atoms. The zero-order valence-electron chi connectivity index (χ0n) is 7.82. The number of rotatable bonds is 2. The third-order valence-corrected chi connectivity index (χ3v) is 2.74. The molecule has 0 saturated heterocycles. The standard InChI is InChI=1S/C10H12N2S/c1-12-10-4-3-8(7-13-2)5-9(10)6-11-12/h3-6H,7H2,1-2H3. The molecule has 2 nitrogen and oxygen atoms in total. The van der Waals surface area contributed by atoms with Gasteiger partial charge in [-0.1, -0.05) is 6.07 Å². The SMILES string of the molecule is CSCc1ccc2c(cnn2C)c1. The second-order valence-corrected chi connectivity index (χ2v) is 3.96. The van der Waals surface area contributed by atoms with Crippen LogP contribution in [0.5, 0.6) is 0 Å². The lowest BCUT2D eigenvalue weighted by molar-refractivity contribution is 0.797. The van der Waals surface area contributed by atoms with E-state index >= 15 is 0 Å². The normalized spacial score (nSPS) is 10.9. The highest BCUT2D eigenvalue weighted by atomic mass is 32.2. The Hall–Kier alpha value is -0.960. The maximum Gasteiger partial charge on any atom is 0.0679 e. The molecular formula is C10H12N2S. The highest BCUT2D eigenvalue weighted by Gasteiger charge is 1.99. The first-order valence-electron chi connectivity index (χ1n) is 4.21. The highest BCUT2D eigenvalue weighted by Crippen LogP contribution is 2.17. The van der Waals surface area contributed by atoms with Crippen LogP contribution in [0.2, 0.25) is 0 Å². The summed E-state index contributed by atoms with van der Waals surface area (Å²) in [4.78, 5) is 0. The Bertz CT molecular complexity index is 420. The van der Waals surface area contributed by atoms with Crippen molar-refractivity contribution in [2.45, 2.75) is 5.75 Å². The maximum atomic E-state index is 4.21. The molecule has 0 unspecified atom stereocenters. The summed E-state index contributed by atoms with van der Waals surface area (Å²) in [6, 6.07) is 6.51. The molecule has 0 aliphatic heterocycles. The number of nitrogens with zero attached hydrogens (tertiary/aromatic N) is 2. The van der Waals surface area contributed by atoms with Crippen molar-refractivity contribution in [1.82, 2.24) is 9.78 Å². The van der Waals surface area contributed by atoms with Gasteiger partial charge < -0.3 is 0 Å². The van der Waals surface area contributed by atoms with Gasteiger partial charge in [0.2, 0.25) is 0 Å². The number of aryl methyl sites for hydroxylation is 1. The van der Waals surface area contributed by atoms with Crippen LogP contribution in [0.15, 0.2) is 24.4 Å². The van der Waals surface area contributed by atoms with E-state index in [4.69, 9.17) is 0 Å². The molecule has 0 saturated carbocycles. The van der Waals surface area contributed by atoms with Crippen molar-refractivity contribution in [3.05, 3.63) is 30.0 Å². The van der Waals surface area contributed by atoms with Gasteiger partial charge in [-0.3, -0.25) is 4.68 Å². The van der Waals surface area contributed by atoms with E-state index in [1.54, 1.807) is 0 Å². The van der Waals surface area contributed by atoms with Crippen LogP contribution < -0.4 is 0 Å². The predicted molar refractivity (Wildman–Crippen MR) is 57.9 cm³/mol. The third kappa shape index (κ3) is 1.56. The van der Waals surface area contributed by atoms with Gasteiger partial charge in [-0.25, -0.2) is 0 Å². The summed E-state index contributed by atoms with van der Waals surface area (Å²) in [5.74, 6) is 1.07. The number of hydrogen-bond acceptors (Lipinski definition) is 2. The quantitative estimate of drug-likeness (QED) is 0.727. The van der Waals surface area contributed by atoms with Gasteiger partial charge in [-0.2, -0.15) is 16.9 Å². The molecular weight excluding hydrogens is 180 g/mol. The lowest BCUT2D eigenvalue weighted by atomic mass is 10.2. The fourth-order valence-electron chi connectivity index (χ4n) is 1.47. The topological polar surface area (TPSA) is 17.8 Å². The summed E-state index contributed by atoms with van der Waals surface area (Å²) in [5.41, 5.74) is 2.57. The number of thioether (sulfide) groups is 1. The monoisotopic (exact) mass is 192 g/mol. The van der Waals surface area contributed by atoms with E-state index in [0.29, 0.717) is 0 Å². The lowest BCUT2D eigenvalue weighted by Gasteiger charge is -1.98. The van der Waals surface area contributed by atoms with Crippen molar-refractivity contribution in [1.29, 1.82) is 0 Å². The maximum absolute atomic E-state index is 4.21. The fraction of sp³-hybridized carbons (Fsp3) is 0.300. The van der Waals surface area contributed by atoms with Crippen LogP contribution in [0.3, 0.4) is 0 Å². The number of aromatic nitrogens is 2. The average molecular weight is 192 g/mol. The summed E-state index contributed by atoms with van der Waals surface area (Å²) >= 11 is 1.84. The first-order chi connectivity index (χ1) is 6.31.